The highest BCUT2D eigenvalue weighted by Gasteiger charge is 2.43. The normalized spacial score (nSPS) is 14.0. The van der Waals surface area contributed by atoms with Gasteiger partial charge in [-0.05, 0) is 70.2 Å². The number of benzene rings is 4. The maximum absolute atomic E-state index is 11.3. The monoisotopic (exact) mass is 718 g/mol. The zero-order valence-corrected chi connectivity index (χ0v) is 30.3. The number of aliphatic hydroxyl groups excluding tert-OH is 2. The Morgan fingerprint density at radius 3 is 1.17 bits per heavy atom. The van der Waals surface area contributed by atoms with Gasteiger partial charge in [0.15, 0.2) is 0 Å². The van der Waals surface area contributed by atoms with Crippen molar-refractivity contribution in [1.82, 2.24) is 0 Å². The number of fused-ring (bicyclic) bond motifs is 6. The van der Waals surface area contributed by atoms with Crippen LogP contribution in [0.5, 0.6) is 0 Å². The predicted molar refractivity (Wildman–Crippen MR) is 197 cm³/mol. The van der Waals surface area contributed by atoms with Crippen molar-refractivity contribution in [2.75, 3.05) is 37.8 Å². The van der Waals surface area contributed by atoms with Gasteiger partial charge in [0, 0.05) is 30.4 Å². The summed E-state index contributed by atoms with van der Waals surface area (Å²) in [4.78, 5) is 0. The lowest BCUT2D eigenvalue weighted by molar-refractivity contribution is 0.212. The Morgan fingerprint density at radius 1 is 0.596 bits per heavy atom. The van der Waals surface area contributed by atoms with Crippen molar-refractivity contribution in [2.24, 2.45) is 0 Å². The van der Waals surface area contributed by atoms with E-state index >= 15 is 0 Å². The molecule has 0 heterocycles. The third kappa shape index (κ3) is 8.60. The van der Waals surface area contributed by atoms with Gasteiger partial charge in [-0.1, -0.05) is 110 Å². The van der Waals surface area contributed by atoms with Crippen LogP contribution in [0.3, 0.4) is 0 Å². The van der Waals surface area contributed by atoms with Gasteiger partial charge in [0.25, 0.3) is 10.1 Å². The number of alkyl halides is 3. The van der Waals surface area contributed by atoms with Gasteiger partial charge in [-0.15, -0.1) is 34.8 Å². The highest BCUT2D eigenvalue weighted by molar-refractivity contribution is 7.85. The minimum Gasteiger partial charge on any atom is -0.396 e. The molecule has 0 aromatic heterocycles. The molecule has 0 atom stereocenters. The molecule has 4 aromatic carbocycles. The molecule has 0 saturated heterocycles. The number of aliphatic hydroxyl groups is 2. The Kier molecular flexibility index (Phi) is 15.3. The molecular formula is C38H45Cl3O5S. The van der Waals surface area contributed by atoms with Crippen LogP contribution >= 0.6 is 34.8 Å². The van der Waals surface area contributed by atoms with E-state index in [1.165, 1.54) is 50.9 Å². The van der Waals surface area contributed by atoms with Crippen LogP contribution in [0.1, 0.15) is 61.3 Å². The van der Waals surface area contributed by atoms with Crippen LogP contribution in [0.25, 0.3) is 22.3 Å². The Bertz CT molecular complexity index is 1580. The summed E-state index contributed by atoms with van der Waals surface area (Å²) in [5.41, 5.74) is 9.65. The van der Waals surface area contributed by atoms with Crippen LogP contribution in [-0.4, -0.2) is 56.4 Å². The molecule has 2 aliphatic rings. The van der Waals surface area contributed by atoms with E-state index in [0.717, 1.165) is 19.1 Å². The molecule has 254 valence electrons. The summed E-state index contributed by atoms with van der Waals surface area (Å²) >= 11 is 14.2. The van der Waals surface area contributed by atoms with Gasteiger partial charge in [-0.2, -0.15) is 8.42 Å². The van der Waals surface area contributed by atoms with E-state index in [2.05, 4.69) is 91.3 Å². The van der Waals surface area contributed by atoms with E-state index in [1.807, 2.05) is 24.3 Å². The summed E-state index contributed by atoms with van der Waals surface area (Å²) in [6.45, 7) is 2.63. The standard InChI is InChI=1S/C19H22O3S.C17H18O2.CH2Cl2.CH3Cl/c1-3-12-19(13-14-22-23(2,20)21)17-10-6-4-8-15(17)16-9-5-7-11-18(16)19;18-11-9-17(10-12-19)15-7-3-1-5-13(15)14-6-2-4-8-16(14)17;2-1-3;1-2/h4-11H,3,12-14H2,1-2H3;1-8,18-19H,9-12H2;1H2;1H3. The second-order valence-electron chi connectivity index (χ2n) is 11.4. The molecule has 0 radical (unpaired) electrons. The van der Waals surface area contributed by atoms with Crippen molar-refractivity contribution >= 4 is 44.9 Å². The molecule has 0 saturated carbocycles. The molecule has 5 nitrogen and oxygen atoms in total. The maximum Gasteiger partial charge on any atom is 0.264 e. The first-order valence-electron chi connectivity index (χ1n) is 15.7. The summed E-state index contributed by atoms with van der Waals surface area (Å²) in [6.07, 6.45) is 6.57. The fourth-order valence-electron chi connectivity index (χ4n) is 7.33. The zero-order chi connectivity index (χ0) is 34.5. The molecule has 0 bridgehead atoms. The Balaban J connectivity index is 0.000000228. The van der Waals surface area contributed by atoms with Crippen LogP contribution in [0.4, 0.5) is 0 Å². The maximum atomic E-state index is 11.3. The third-order valence-corrected chi connectivity index (χ3v) is 9.53. The van der Waals surface area contributed by atoms with Crippen LogP contribution in [0, 0.1) is 0 Å². The van der Waals surface area contributed by atoms with Crippen molar-refractivity contribution in [3.63, 3.8) is 0 Å². The van der Waals surface area contributed by atoms with E-state index in [9.17, 15) is 18.6 Å². The van der Waals surface area contributed by atoms with E-state index in [4.69, 9.17) is 27.4 Å². The molecular weight excluding hydrogens is 675 g/mol. The van der Waals surface area contributed by atoms with Gasteiger partial charge in [-0.25, -0.2) is 0 Å². The van der Waals surface area contributed by atoms with Crippen molar-refractivity contribution < 1.29 is 22.8 Å². The molecule has 9 heteroatoms. The summed E-state index contributed by atoms with van der Waals surface area (Å²) in [7, 11) is -3.41. The number of rotatable bonds is 10. The van der Waals surface area contributed by atoms with E-state index < -0.39 is 10.1 Å². The lowest BCUT2D eigenvalue weighted by Crippen LogP contribution is -2.28. The number of halogens is 3. The smallest absolute Gasteiger partial charge is 0.264 e. The molecule has 0 fully saturated rings. The van der Waals surface area contributed by atoms with Gasteiger partial charge in [0.1, 0.15) is 0 Å². The molecule has 0 unspecified atom stereocenters. The van der Waals surface area contributed by atoms with E-state index in [1.54, 1.807) is 0 Å². The lowest BCUT2D eigenvalue weighted by Gasteiger charge is -2.31. The van der Waals surface area contributed by atoms with Gasteiger partial charge in [0.2, 0.25) is 0 Å². The first-order chi connectivity index (χ1) is 22.7. The van der Waals surface area contributed by atoms with Gasteiger partial charge in [0.05, 0.1) is 18.2 Å². The zero-order valence-electron chi connectivity index (χ0n) is 27.3. The summed E-state index contributed by atoms with van der Waals surface area (Å²) in [6, 6.07) is 33.6. The topological polar surface area (TPSA) is 83.8 Å². The summed E-state index contributed by atoms with van der Waals surface area (Å²) in [5.74, 6) is 0. The summed E-state index contributed by atoms with van der Waals surface area (Å²) in [5, 5.41) is 19.2. The summed E-state index contributed by atoms with van der Waals surface area (Å²) < 4.78 is 27.7. The second-order valence-corrected chi connectivity index (χ2v) is 13.9. The van der Waals surface area contributed by atoms with Crippen molar-refractivity contribution in [3.8, 4) is 22.3 Å². The van der Waals surface area contributed by atoms with Crippen LogP contribution in [-0.2, 0) is 25.1 Å². The number of hydrogen-bond acceptors (Lipinski definition) is 5. The Hall–Kier alpha value is -2.42. The second kappa shape index (κ2) is 18.4. The van der Waals surface area contributed by atoms with Crippen LogP contribution in [0.2, 0.25) is 0 Å². The Labute approximate surface area is 295 Å². The average molecular weight is 720 g/mol. The molecule has 47 heavy (non-hydrogen) atoms. The first kappa shape index (κ1) is 39.0. The Morgan fingerprint density at radius 2 is 0.894 bits per heavy atom. The largest absolute Gasteiger partial charge is 0.396 e. The van der Waals surface area contributed by atoms with Gasteiger partial charge in [-0.3, -0.25) is 4.18 Å². The fourth-order valence-corrected chi connectivity index (χ4v) is 7.72. The molecule has 4 aromatic rings. The SMILES string of the molecule is CCCC1(CCOS(C)(=O)=O)c2ccccc2-c2ccccc21.CCl.ClCCl.OCCC1(CCO)c2ccccc2-c2ccccc21. The fraction of sp³-hybridized carbons (Fsp3) is 0.368. The minimum atomic E-state index is -3.41. The average Bonchev–Trinajstić information content (AvgIpc) is 3.51. The van der Waals surface area contributed by atoms with Crippen molar-refractivity contribution in [3.05, 3.63) is 119 Å². The molecule has 6 rings (SSSR count). The third-order valence-electron chi connectivity index (χ3n) is 8.93. The van der Waals surface area contributed by atoms with Crippen molar-refractivity contribution in [2.45, 2.75) is 49.9 Å². The highest BCUT2D eigenvalue weighted by atomic mass is 35.5. The van der Waals surface area contributed by atoms with Crippen LogP contribution in [0.15, 0.2) is 97.1 Å². The van der Waals surface area contributed by atoms with Gasteiger partial charge >= 0.3 is 0 Å². The lowest BCUT2D eigenvalue weighted by atomic mass is 9.72. The molecule has 2 N–H and O–H groups in total. The molecule has 2 aliphatic carbocycles. The minimum absolute atomic E-state index is 0.128. The highest BCUT2D eigenvalue weighted by Crippen LogP contribution is 2.54. The molecule has 0 amide bonds. The van der Waals surface area contributed by atoms with E-state index in [-0.39, 0.29) is 36.0 Å². The predicted octanol–water partition coefficient (Wildman–Crippen LogP) is 9.11. The van der Waals surface area contributed by atoms with Gasteiger partial charge < -0.3 is 10.2 Å². The first-order valence-corrected chi connectivity index (χ1v) is 19.3. The van der Waals surface area contributed by atoms with Crippen molar-refractivity contribution in [1.29, 1.82) is 0 Å². The quantitative estimate of drug-likeness (QED) is 0.126. The molecule has 0 spiro atoms. The molecule has 0 aliphatic heterocycles. The van der Waals surface area contributed by atoms with Crippen LogP contribution < -0.4 is 0 Å². The number of hydrogen-bond donors (Lipinski definition) is 2. The van der Waals surface area contributed by atoms with E-state index in [0.29, 0.717) is 19.3 Å².